The van der Waals surface area contributed by atoms with Crippen molar-refractivity contribution in [2.24, 2.45) is 0 Å². The van der Waals surface area contributed by atoms with Gasteiger partial charge in [-0.2, -0.15) is 0 Å². The van der Waals surface area contributed by atoms with Crippen LogP contribution in [0.1, 0.15) is 18.4 Å². The molecular weight excluding hydrogens is 243 g/mol. The third-order valence-electron chi connectivity index (χ3n) is 2.88. The summed E-state index contributed by atoms with van der Waals surface area (Å²) >= 11 is 5.69. The maximum Gasteiger partial charge on any atom is 0.220 e. The molecule has 92 valence electrons. The molecule has 0 spiro atoms. The van der Waals surface area contributed by atoms with Crippen molar-refractivity contribution >= 4 is 17.5 Å². The molecule has 1 fully saturated rings. The fourth-order valence-electron chi connectivity index (χ4n) is 1.85. The van der Waals surface area contributed by atoms with Gasteiger partial charge in [0.1, 0.15) is 5.82 Å². The quantitative estimate of drug-likeness (QED) is 0.867. The van der Waals surface area contributed by atoms with Gasteiger partial charge in [-0.05, 0) is 12.5 Å². The zero-order chi connectivity index (χ0) is 12.3. The van der Waals surface area contributed by atoms with E-state index in [1.807, 2.05) is 0 Å². The summed E-state index contributed by atoms with van der Waals surface area (Å²) < 4.78 is 13.6. The summed E-state index contributed by atoms with van der Waals surface area (Å²) in [6.07, 6.45) is 1.31. The molecule has 1 aromatic rings. The van der Waals surface area contributed by atoms with Crippen molar-refractivity contribution in [2.45, 2.75) is 25.4 Å². The topological polar surface area (TPSA) is 41.1 Å². The van der Waals surface area contributed by atoms with Crippen molar-refractivity contribution in [3.05, 3.63) is 34.6 Å². The summed E-state index contributed by atoms with van der Waals surface area (Å²) in [5.74, 6) is -0.293. The predicted molar refractivity (Wildman–Crippen MR) is 64.3 cm³/mol. The number of hydrogen-bond donors (Lipinski definition) is 2. The normalized spacial score (nSPS) is 20.1. The number of rotatable bonds is 3. The highest BCUT2D eigenvalue weighted by atomic mass is 35.5. The van der Waals surface area contributed by atoms with Crippen LogP contribution in [0.2, 0.25) is 5.02 Å². The van der Waals surface area contributed by atoms with Gasteiger partial charge < -0.3 is 10.6 Å². The molecule has 0 bridgehead atoms. The van der Waals surface area contributed by atoms with Gasteiger partial charge in [-0.1, -0.05) is 23.7 Å². The molecule has 1 amide bonds. The Morgan fingerprint density at radius 1 is 1.53 bits per heavy atom. The number of hydrogen-bond acceptors (Lipinski definition) is 2. The molecule has 1 saturated heterocycles. The van der Waals surface area contributed by atoms with Crippen molar-refractivity contribution < 1.29 is 9.18 Å². The zero-order valence-corrected chi connectivity index (χ0v) is 10.1. The average Bonchev–Trinajstić information content (AvgIpc) is 2.33. The van der Waals surface area contributed by atoms with Crippen molar-refractivity contribution in [3.8, 4) is 0 Å². The first kappa shape index (κ1) is 12.3. The minimum Gasteiger partial charge on any atom is -0.355 e. The molecule has 1 aliphatic rings. The number of carbonyl (C=O) groups excluding carboxylic acids is 1. The third kappa shape index (κ3) is 3.17. The van der Waals surface area contributed by atoms with Gasteiger partial charge in [-0.15, -0.1) is 0 Å². The Morgan fingerprint density at radius 3 is 3.06 bits per heavy atom. The van der Waals surface area contributed by atoms with E-state index >= 15 is 0 Å². The van der Waals surface area contributed by atoms with E-state index in [0.29, 0.717) is 25.1 Å². The molecule has 2 rings (SSSR count). The summed E-state index contributed by atoms with van der Waals surface area (Å²) in [6.45, 7) is 1.02. The van der Waals surface area contributed by atoms with Crippen molar-refractivity contribution in [2.75, 3.05) is 6.54 Å². The van der Waals surface area contributed by atoms with Crippen LogP contribution >= 0.6 is 11.6 Å². The van der Waals surface area contributed by atoms with Crippen LogP contribution in [0.15, 0.2) is 18.2 Å². The van der Waals surface area contributed by atoms with Crippen LogP contribution in [0.25, 0.3) is 0 Å². The third-order valence-corrected chi connectivity index (χ3v) is 3.17. The van der Waals surface area contributed by atoms with E-state index in [9.17, 15) is 9.18 Å². The number of nitrogens with one attached hydrogen (secondary N) is 2. The molecule has 0 aromatic heterocycles. The molecule has 1 atom stereocenters. The largest absolute Gasteiger partial charge is 0.355 e. The summed E-state index contributed by atoms with van der Waals surface area (Å²) in [4.78, 5) is 11.0. The maximum absolute atomic E-state index is 13.6. The molecule has 2 N–H and O–H groups in total. The molecule has 0 radical (unpaired) electrons. The number of halogens is 2. The molecule has 1 heterocycles. The monoisotopic (exact) mass is 256 g/mol. The summed E-state index contributed by atoms with van der Waals surface area (Å²) in [5, 5.41) is 6.13. The second kappa shape index (κ2) is 5.47. The van der Waals surface area contributed by atoms with Crippen LogP contribution in [0.5, 0.6) is 0 Å². The first-order valence-corrected chi connectivity index (χ1v) is 5.97. The Bertz CT molecular complexity index is 415. The van der Waals surface area contributed by atoms with E-state index in [-0.39, 0.29) is 22.8 Å². The van der Waals surface area contributed by atoms with Gasteiger partial charge in [0.2, 0.25) is 5.91 Å². The van der Waals surface area contributed by atoms with Crippen LogP contribution in [-0.2, 0) is 11.3 Å². The van der Waals surface area contributed by atoms with Crippen LogP contribution in [0, 0.1) is 5.82 Å². The second-order valence-corrected chi connectivity index (χ2v) is 4.54. The van der Waals surface area contributed by atoms with Crippen molar-refractivity contribution in [3.63, 3.8) is 0 Å². The summed E-state index contributed by atoms with van der Waals surface area (Å²) in [5.41, 5.74) is 0.550. The first-order valence-electron chi connectivity index (χ1n) is 5.60. The Hall–Kier alpha value is -1.13. The van der Waals surface area contributed by atoms with E-state index in [1.54, 1.807) is 12.1 Å². The Morgan fingerprint density at radius 2 is 2.35 bits per heavy atom. The molecule has 17 heavy (non-hydrogen) atoms. The molecule has 1 aliphatic heterocycles. The van der Waals surface area contributed by atoms with E-state index in [4.69, 9.17) is 11.6 Å². The Kier molecular flexibility index (Phi) is 3.97. The molecule has 0 saturated carbocycles. The summed E-state index contributed by atoms with van der Waals surface area (Å²) in [7, 11) is 0. The van der Waals surface area contributed by atoms with Crippen LogP contribution < -0.4 is 10.6 Å². The van der Waals surface area contributed by atoms with Crippen molar-refractivity contribution in [1.29, 1.82) is 0 Å². The predicted octanol–water partition coefficient (Wildman–Crippen LogP) is 1.85. The SMILES string of the molecule is O=C1CCC(NCc2cccc(Cl)c2F)CN1. The van der Waals surface area contributed by atoms with Crippen molar-refractivity contribution in [1.82, 2.24) is 10.6 Å². The molecule has 0 aliphatic carbocycles. The van der Waals surface area contributed by atoms with E-state index < -0.39 is 0 Å². The highest BCUT2D eigenvalue weighted by molar-refractivity contribution is 6.30. The Balaban J connectivity index is 1.89. The van der Waals surface area contributed by atoms with E-state index in [2.05, 4.69) is 10.6 Å². The number of benzene rings is 1. The molecule has 5 heteroatoms. The van der Waals surface area contributed by atoms with E-state index in [1.165, 1.54) is 6.07 Å². The highest BCUT2D eigenvalue weighted by Gasteiger charge is 2.17. The molecule has 1 unspecified atom stereocenters. The van der Waals surface area contributed by atoms with Crippen LogP contribution in [0.4, 0.5) is 4.39 Å². The fraction of sp³-hybridized carbons (Fsp3) is 0.417. The van der Waals surface area contributed by atoms with Gasteiger partial charge in [0.15, 0.2) is 0 Å². The molecule has 3 nitrogen and oxygen atoms in total. The van der Waals surface area contributed by atoms with E-state index in [0.717, 1.165) is 6.42 Å². The van der Waals surface area contributed by atoms with Gasteiger partial charge >= 0.3 is 0 Å². The standard InChI is InChI=1S/C12H14ClFN2O/c13-10-3-1-2-8(12(10)14)6-15-9-4-5-11(17)16-7-9/h1-3,9,15H,4-7H2,(H,16,17). The Labute approximate surface area is 104 Å². The lowest BCUT2D eigenvalue weighted by Crippen LogP contribution is -2.45. The van der Waals surface area contributed by atoms with Crippen LogP contribution in [0.3, 0.4) is 0 Å². The maximum atomic E-state index is 13.6. The lowest BCUT2D eigenvalue weighted by atomic mass is 10.1. The van der Waals surface area contributed by atoms with Gasteiger partial charge in [-0.3, -0.25) is 4.79 Å². The minimum atomic E-state index is -0.374. The number of piperidine rings is 1. The summed E-state index contributed by atoms with van der Waals surface area (Å²) in [6, 6.07) is 5.16. The zero-order valence-electron chi connectivity index (χ0n) is 9.30. The lowest BCUT2D eigenvalue weighted by molar-refractivity contribution is -0.122. The average molecular weight is 257 g/mol. The van der Waals surface area contributed by atoms with Gasteiger partial charge in [0.05, 0.1) is 5.02 Å². The first-order chi connectivity index (χ1) is 8.16. The molecular formula is C12H14ClFN2O. The van der Waals surface area contributed by atoms with Gasteiger partial charge in [0.25, 0.3) is 0 Å². The number of amides is 1. The lowest BCUT2D eigenvalue weighted by Gasteiger charge is -2.23. The number of carbonyl (C=O) groups is 1. The van der Waals surface area contributed by atoms with Gasteiger partial charge in [-0.25, -0.2) is 4.39 Å². The smallest absolute Gasteiger partial charge is 0.220 e. The molecule has 1 aromatic carbocycles. The minimum absolute atomic E-state index is 0.0805. The van der Waals surface area contributed by atoms with Crippen LogP contribution in [-0.4, -0.2) is 18.5 Å². The highest BCUT2D eigenvalue weighted by Crippen LogP contribution is 2.18. The van der Waals surface area contributed by atoms with Gasteiger partial charge in [0, 0.05) is 31.1 Å². The fourth-order valence-corrected chi connectivity index (χ4v) is 2.04. The second-order valence-electron chi connectivity index (χ2n) is 4.13.